The minimum absolute atomic E-state index is 0.352. The highest BCUT2D eigenvalue weighted by Crippen LogP contribution is 2.28. The third-order valence-corrected chi connectivity index (χ3v) is 3.22. The Bertz CT molecular complexity index is 305. The summed E-state index contributed by atoms with van der Waals surface area (Å²) < 4.78 is 2.02. The highest BCUT2D eigenvalue weighted by molar-refractivity contribution is 5.04. The van der Waals surface area contributed by atoms with Crippen LogP contribution in [0.2, 0.25) is 0 Å². The molecule has 2 N–H and O–H groups in total. The predicted octanol–water partition coefficient (Wildman–Crippen LogP) is 0.936. The molecule has 2 heterocycles. The Balaban J connectivity index is 2.08. The van der Waals surface area contributed by atoms with Gasteiger partial charge in [0.05, 0.1) is 24.3 Å². The third-order valence-electron chi connectivity index (χ3n) is 3.22. The zero-order chi connectivity index (χ0) is 10.7. The van der Waals surface area contributed by atoms with E-state index in [-0.39, 0.29) is 6.10 Å². The maximum Gasteiger partial charge on any atom is 0.0984 e. The Hall–Kier alpha value is -0.870. The zero-order valence-corrected chi connectivity index (χ0v) is 9.19. The molecule has 1 aliphatic rings. The van der Waals surface area contributed by atoms with Gasteiger partial charge in [-0.1, -0.05) is 0 Å². The van der Waals surface area contributed by atoms with Crippen LogP contribution in [-0.2, 0) is 6.54 Å². The van der Waals surface area contributed by atoms with Gasteiger partial charge in [0.1, 0.15) is 0 Å². The zero-order valence-electron chi connectivity index (χ0n) is 9.19. The Labute approximate surface area is 90.3 Å². The molecule has 1 aliphatic heterocycles. The fourth-order valence-corrected chi connectivity index (χ4v) is 2.24. The Morgan fingerprint density at radius 1 is 1.60 bits per heavy atom. The Morgan fingerprint density at radius 2 is 2.33 bits per heavy atom. The van der Waals surface area contributed by atoms with E-state index in [0.717, 1.165) is 38.2 Å². The molecule has 0 saturated carbocycles. The van der Waals surface area contributed by atoms with Crippen molar-refractivity contribution in [1.82, 2.24) is 14.9 Å². The van der Waals surface area contributed by atoms with Gasteiger partial charge < -0.3 is 15.0 Å². The first kappa shape index (κ1) is 10.6. The Kier molecular flexibility index (Phi) is 3.38. The maximum atomic E-state index is 10.3. The SMILES string of the molecule is CCn1cncc1C(O)C1CCNCC1. The number of aliphatic hydroxyl groups excluding tert-OH is 1. The molecule has 2 rings (SSSR count). The van der Waals surface area contributed by atoms with Crippen LogP contribution in [0.3, 0.4) is 0 Å². The fourth-order valence-electron chi connectivity index (χ4n) is 2.24. The van der Waals surface area contributed by atoms with E-state index in [9.17, 15) is 5.11 Å². The van der Waals surface area contributed by atoms with Gasteiger partial charge in [-0.25, -0.2) is 4.98 Å². The number of imidazole rings is 1. The van der Waals surface area contributed by atoms with Crippen molar-refractivity contribution in [3.63, 3.8) is 0 Å². The summed E-state index contributed by atoms with van der Waals surface area (Å²) >= 11 is 0. The molecule has 4 nitrogen and oxygen atoms in total. The Morgan fingerprint density at radius 3 is 3.00 bits per heavy atom. The van der Waals surface area contributed by atoms with Crippen LogP contribution in [0.25, 0.3) is 0 Å². The van der Waals surface area contributed by atoms with Crippen LogP contribution in [0.1, 0.15) is 31.6 Å². The van der Waals surface area contributed by atoms with Crippen LogP contribution in [0, 0.1) is 5.92 Å². The summed E-state index contributed by atoms with van der Waals surface area (Å²) in [4.78, 5) is 4.10. The minimum Gasteiger partial charge on any atom is -0.387 e. The fraction of sp³-hybridized carbons (Fsp3) is 0.727. The number of nitrogens with zero attached hydrogens (tertiary/aromatic N) is 2. The molecule has 0 amide bonds. The van der Waals surface area contributed by atoms with Crippen molar-refractivity contribution in [3.8, 4) is 0 Å². The van der Waals surface area contributed by atoms with Gasteiger partial charge >= 0.3 is 0 Å². The summed E-state index contributed by atoms with van der Waals surface area (Å²) in [6, 6.07) is 0. The molecule has 0 spiro atoms. The first-order valence-electron chi connectivity index (χ1n) is 5.71. The third kappa shape index (κ3) is 2.21. The molecule has 1 unspecified atom stereocenters. The lowest BCUT2D eigenvalue weighted by Crippen LogP contribution is -2.31. The van der Waals surface area contributed by atoms with Crippen LogP contribution in [0.15, 0.2) is 12.5 Å². The van der Waals surface area contributed by atoms with E-state index in [4.69, 9.17) is 0 Å². The minimum atomic E-state index is -0.352. The summed E-state index contributed by atoms with van der Waals surface area (Å²) in [7, 11) is 0. The number of aliphatic hydroxyl groups is 1. The van der Waals surface area contributed by atoms with E-state index in [0.29, 0.717) is 5.92 Å². The molecule has 1 saturated heterocycles. The van der Waals surface area contributed by atoms with E-state index in [1.165, 1.54) is 0 Å². The standard InChI is InChI=1S/C11H19N3O/c1-2-14-8-13-7-10(14)11(15)9-3-5-12-6-4-9/h7-9,11-12,15H,2-6H2,1H3. The van der Waals surface area contributed by atoms with E-state index < -0.39 is 0 Å². The normalized spacial score (nSPS) is 20.4. The highest BCUT2D eigenvalue weighted by Gasteiger charge is 2.24. The summed E-state index contributed by atoms with van der Waals surface area (Å²) in [5.41, 5.74) is 0.962. The van der Waals surface area contributed by atoms with Gasteiger partial charge in [-0.15, -0.1) is 0 Å². The van der Waals surface area contributed by atoms with E-state index >= 15 is 0 Å². The smallest absolute Gasteiger partial charge is 0.0984 e. The van der Waals surface area contributed by atoms with Gasteiger partial charge in [0.2, 0.25) is 0 Å². The number of hydrogen-bond acceptors (Lipinski definition) is 3. The van der Waals surface area contributed by atoms with Crippen LogP contribution in [0.4, 0.5) is 0 Å². The van der Waals surface area contributed by atoms with Gasteiger partial charge in [-0.3, -0.25) is 0 Å². The molecule has 4 heteroatoms. The van der Waals surface area contributed by atoms with E-state index in [2.05, 4.69) is 17.2 Å². The maximum absolute atomic E-state index is 10.3. The van der Waals surface area contributed by atoms with Crippen LogP contribution in [0.5, 0.6) is 0 Å². The second kappa shape index (κ2) is 4.77. The number of rotatable bonds is 3. The summed E-state index contributed by atoms with van der Waals surface area (Å²) in [6.07, 6.45) is 5.33. The number of aryl methyl sites for hydroxylation is 1. The molecule has 0 radical (unpaired) electrons. The van der Waals surface area contributed by atoms with Crippen LogP contribution in [-0.4, -0.2) is 27.7 Å². The van der Waals surface area contributed by atoms with Crippen molar-refractivity contribution in [2.24, 2.45) is 5.92 Å². The quantitative estimate of drug-likeness (QED) is 0.779. The average Bonchev–Trinajstić information content (AvgIpc) is 2.77. The summed E-state index contributed by atoms with van der Waals surface area (Å²) in [5, 5.41) is 13.6. The molecule has 0 aliphatic carbocycles. The van der Waals surface area contributed by atoms with Gasteiger partial charge in [0, 0.05) is 6.54 Å². The first-order chi connectivity index (χ1) is 7.33. The monoisotopic (exact) mass is 209 g/mol. The van der Waals surface area contributed by atoms with Crippen molar-refractivity contribution >= 4 is 0 Å². The van der Waals surface area contributed by atoms with Gasteiger partial charge in [-0.2, -0.15) is 0 Å². The summed E-state index contributed by atoms with van der Waals surface area (Å²) in [5.74, 6) is 0.383. The average molecular weight is 209 g/mol. The molecular weight excluding hydrogens is 190 g/mol. The van der Waals surface area contributed by atoms with Crippen LogP contribution >= 0.6 is 0 Å². The molecule has 84 valence electrons. The lowest BCUT2D eigenvalue weighted by molar-refractivity contribution is 0.0819. The van der Waals surface area contributed by atoms with E-state index in [1.54, 1.807) is 12.5 Å². The van der Waals surface area contributed by atoms with Crippen molar-refractivity contribution in [1.29, 1.82) is 0 Å². The predicted molar refractivity (Wildman–Crippen MR) is 58.5 cm³/mol. The number of aromatic nitrogens is 2. The second-order valence-corrected chi connectivity index (χ2v) is 4.14. The van der Waals surface area contributed by atoms with Gasteiger partial charge in [0.25, 0.3) is 0 Å². The molecule has 1 atom stereocenters. The summed E-state index contributed by atoms with van der Waals surface area (Å²) in [6.45, 7) is 4.97. The molecule has 1 aromatic rings. The van der Waals surface area contributed by atoms with E-state index in [1.807, 2.05) is 4.57 Å². The number of piperidine rings is 1. The molecular formula is C11H19N3O. The molecule has 1 aromatic heterocycles. The second-order valence-electron chi connectivity index (χ2n) is 4.14. The van der Waals surface area contributed by atoms with Gasteiger partial charge in [-0.05, 0) is 38.8 Å². The lowest BCUT2D eigenvalue weighted by atomic mass is 9.90. The molecule has 0 bridgehead atoms. The molecule has 1 fully saturated rings. The molecule has 0 aromatic carbocycles. The van der Waals surface area contributed by atoms with Crippen molar-refractivity contribution < 1.29 is 5.11 Å². The highest BCUT2D eigenvalue weighted by atomic mass is 16.3. The number of nitrogens with one attached hydrogen (secondary N) is 1. The molecule has 15 heavy (non-hydrogen) atoms. The number of hydrogen-bond donors (Lipinski definition) is 2. The van der Waals surface area contributed by atoms with Crippen LogP contribution < -0.4 is 5.32 Å². The van der Waals surface area contributed by atoms with Crippen molar-refractivity contribution in [2.75, 3.05) is 13.1 Å². The van der Waals surface area contributed by atoms with Crippen molar-refractivity contribution in [2.45, 2.75) is 32.4 Å². The largest absolute Gasteiger partial charge is 0.387 e. The topological polar surface area (TPSA) is 50.1 Å². The first-order valence-corrected chi connectivity index (χ1v) is 5.71. The van der Waals surface area contributed by atoms with Gasteiger partial charge in [0.15, 0.2) is 0 Å². The van der Waals surface area contributed by atoms with Crippen molar-refractivity contribution in [3.05, 3.63) is 18.2 Å². The lowest BCUT2D eigenvalue weighted by Gasteiger charge is -2.27.